The smallest absolute Gasteiger partial charge is 0.223 e. The Morgan fingerprint density at radius 2 is 1.90 bits per heavy atom. The van der Waals surface area contributed by atoms with Gasteiger partial charge in [0.15, 0.2) is 0 Å². The third-order valence-electron chi connectivity index (χ3n) is 3.75. The molecule has 1 aliphatic carbocycles. The number of benzene rings is 1. The van der Waals surface area contributed by atoms with Crippen LogP contribution in [0.2, 0.25) is 0 Å². The maximum atomic E-state index is 12.2. The Bertz CT molecular complexity index is 490. The number of allylic oxidation sites excluding steroid dienone is 2. The second kappa shape index (κ2) is 7.30. The average Bonchev–Trinajstić information content (AvgIpc) is 2.48. The molecule has 0 saturated carbocycles. The molecule has 1 aliphatic rings. The monoisotopic (exact) mass is 287 g/mol. The first kappa shape index (κ1) is 15.6. The second-order valence-corrected chi connectivity index (χ2v) is 5.95. The van der Waals surface area contributed by atoms with Gasteiger partial charge in [-0.1, -0.05) is 24.3 Å². The first-order chi connectivity index (χ1) is 10.1. The molecule has 2 rings (SSSR count). The van der Waals surface area contributed by atoms with Gasteiger partial charge in [-0.05, 0) is 57.7 Å². The molecule has 0 bridgehead atoms. The second-order valence-electron chi connectivity index (χ2n) is 5.95. The van der Waals surface area contributed by atoms with Crippen LogP contribution < -0.4 is 10.1 Å². The fourth-order valence-corrected chi connectivity index (χ4v) is 2.55. The number of carbonyl (C=O) groups is 1. The Balaban J connectivity index is 1.91. The molecule has 0 aromatic heterocycles. The van der Waals surface area contributed by atoms with Crippen molar-refractivity contribution in [1.82, 2.24) is 5.32 Å². The van der Waals surface area contributed by atoms with Crippen LogP contribution in [0.1, 0.15) is 51.6 Å². The van der Waals surface area contributed by atoms with Gasteiger partial charge in [0.2, 0.25) is 5.91 Å². The molecule has 1 N–H and O–H groups in total. The van der Waals surface area contributed by atoms with Crippen LogP contribution in [-0.2, 0) is 4.79 Å². The van der Waals surface area contributed by atoms with E-state index in [-0.39, 0.29) is 24.0 Å². The molecule has 1 aromatic carbocycles. The summed E-state index contributed by atoms with van der Waals surface area (Å²) in [5, 5.41) is 3.11. The minimum atomic E-state index is 0.0245. The van der Waals surface area contributed by atoms with Gasteiger partial charge in [-0.3, -0.25) is 4.79 Å². The molecule has 21 heavy (non-hydrogen) atoms. The highest BCUT2D eigenvalue weighted by Gasteiger charge is 2.20. The Morgan fingerprint density at radius 3 is 2.48 bits per heavy atom. The summed E-state index contributed by atoms with van der Waals surface area (Å²) in [6.07, 6.45) is 7.26. The van der Waals surface area contributed by atoms with Crippen LogP contribution in [-0.4, -0.2) is 12.0 Å². The predicted molar refractivity (Wildman–Crippen MR) is 85.2 cm³/mol. The number of rotatable bonds is 5. The Labute approximate surface area is 127 Å². The van der Waals surface area contributed by atoms with E-state index in [4.69, 9.17) is 4.74 Å². The number of hydrogen-bond donors (Lipinski definition) is 1. The SMILES string of the molecule is CC(C)Oc1ccc(C(C)NC(=O)C2CC=CCC2)cc1. The number of amides is 1. The Kier molecular flexibility index (Phi) is 5.43. The predicted octanol–water partition coefficient (Wildman–Crippen LogP) is 4.01. The van der Waals surface area contributed by atoms with E-state index in [0.717, 1.165) is 30.6 Å². The van der Waals surface area contributed by atoms with Crippen LogP contribution in [0, 0.1) is 5.92 Å². The van der Waals surface area contributed by atoms with Crippen LogP contribution in [0.25, 0.3) is 0 Å². The van der Waals surface area contributed by atoms with E-state index in [0.29, 0.717) is 0 Å². The zero-order chi connectivity index (χ0) is 15.2. The van der Waals surface area contributed by atoms with Crippen molar-refractivity contribution in [2.24, 2.45) is 5.92 Å². The van der Waals surface area contributed by atoms with E-state index >= 15 is 0 Å². The zero-order valence-corrected chi connectivity index (χ0v) is 13.1. The highest BCUT2D eigenvalue weighted by Crippen LogP contribution is 2.22. The molecular weight excluding hydrogens is 262 g/mol. The topological polar surface area (TPSA) is 38.3 Å². The lowest BCUT2D eigenvalue weighted by Gasteiger charge is -2.21. The standard InChI is InChI=1S/C18H25NO2/c1-13(2)21-17-11-9-15(10-12-17)14(3)19-18(20)16-7-5-4-6-8-16/h4-5,9-14,16H,6-8H2,1-3H3,(H,19,20). The number of nitrogens with one attached hydrogen (secondary N) is 1. The quantitative estimate of drug-likeness (QED) is 0.831. The number of ether oxygens (including phenoxy) is 1. The lowest BCUT2D eigenvalue weighted by Crippen LogP contribution is -2.33. The van der Waals surface area contributed by atoms with Crippen molar-refractivity contribution in [2.75, 3.05) is 0 Å². The summed E-state index contributed by atoms with van der Waals surface area (Å²) in [4.78, 5) is 12.2. The van der Waals surface area contributed by atoms with Gasteiger partial charge in [0, 0.05) is 5.92 Å². The third kappa shape index (κ3) is 4.62. The van der Waals surface area contributed by atoms with Crippen molar-refractivity contribution in [1.29, 1.82) is 0 Å². The fraction of sp³-hybridized carbons (Fsp3) is 0.500. The molecule has 0 fully saturated rings. The minimum Gasteiger partial charge on any atom is -0.491 e. The fourth-order valence-electron chi connectivity index (χ4n) is 2.55. The maximum absolute atomic E-state index is 12.2. The summed E-state index contributed by atoms with van der Waals surface area (Å²) in [5.41, 5.74) is 1.10. The van der Waals surface area contributed by atoms with Crippen molar-refractivity contribution in [3.8, 4) is 5.75 Å². The molecule has 114 valence electrons. The lowest BCUT2D eigenvalue weighted by atomic mass is 9.93. The molecule has 2 unspecified atom stereocenters. The van der Waals surface area contributed by atoms with E-state index in [1.54, 1.807) is 0 Å². The van der Waals surface area contributed by atoms with Crippen molar-refractivity contribution < 1.29 is 9.53 Å². The van der Waals surface area contributed by atoms with E-state index in [1.807, 2.05) is 45.0 Å². The normalized spacial score (nSPS) is 19.3. The molecule has 1 aromatic rings. The molecule has 3 nitrogen and oxygen atoms in total. The molecule has 1 amide bonds. The van der Waals surface area contributed by atoms with Crippen LogP contribution in [0.3, 0.4) is 0 Å². The highest BCUT2D eigenvalue weighted by atomic mass is 16.5. The van der Waals surface area contributed by atoms with E-state index in [9.17, 15) is 4.79 Å². The molecule has 3 heteroatoms. The third-order valence-corrected chi connectivity index (χ3v) is 3.75. The van der Waals surface area contributed by atoms with Crippen LogP contribution in [0.15, 0.2) is 36.4 Å². The summed E-state index contributed by atoms with van der Waals surface area (Å²) >= 11 is 0. The first-order valence-electron chi connectivity index (χ1n) is 7.78. The largest absolute Gasteiger partial charge is 0.491 e. The van der Waals surface area contributed by atoms with Gasteiger partial charge >= 0.3 is 0 Å². The molecule has 0 aliphatic heterocycles. The van der Waals surface area contributed by atoms with Crippen molar-refractivity contribution >= 4 is 5.91 Å². The summed E-state index contributed by atoms with van der Waals surface area (Å²) < 4.78 is 5.63. The minimum absolute atomic E-state index is 0.0245. The van der Waals surface area contributed by atoms with Gasteiger partial charge in [0.25, 0.3) is 0 Å². The lowest BCUT2D eigenvalue weighted by molar-refractivity contribution is -0.125. The van der Waals surface area contributed by atoms with E-state index in [2.05, 4.69) is 17.5 Å². The van der Waals surface area contributed by atoms with Gasteiger partial charge < -0.3 is 10.1 Å². The van der Waals surface area contributed by atoms with Gasteiger partial charge in [0.1, 0.15) is 5.75 Å². The first-order valence-corrected chi connectivity index (χ1v) is 7.78. The summed E-state index contributed by atoms with van der Waals surface area (Å²) in [6, 6.07) is 7.98. The van der Waals surface area contributed by atoms with Gasteiger partial charge in [-0.25, -0.2) is 0 Å². The summed E-state index contributed by atoms with van der Waals surface area (Å²) in [6.45, 7) is 6.04. The van der Waals surface area contributed by atoms with E-state index in [1.165, 1.54) is 0 Å². The van der Waals surface area contributed by atoms with Crippen molar-refractivity contribution in [3.63, 3.8) is 0 Å². The van der Waals surface area contributed by atoms with Gasteiger partial charge in [-0.2, -0.15) is 0 Å². The molecule has 0 radical (unpaired) electrons. The van der Waals surface area contributed by atoms with E-state index < -0.39 is 0 Å². The Morgan fingerprint density at radius 1 is 1.19 bits per heavy atom. The molecule has 2 atom stereocenters. The van der Waals surface area contributed by atoms with Gasteiger partial charge in [-0.15, -0.1) is 0 Å². The highest BCUT2D eigenvalue weighted by molar-refractivity contribution is 5.79. The Hall–Kier alpha value is -1.77. The van der Waals surface area contributed by atoms with Crippen LogP contribution >= 0.6 is 0 Å². The van der Waals surface area contributed by atoms with Crippen LogP contribution in [0.4, 0.5) is 0 Å². The molecular formula is C18H25NO2. The molecule has 0 spiro atoms. The van der Waals surface area contributed by atoms with Crippen LogP contribution in [0.5, 0.6) is 5.75 Å². The summed E-state index contributed by atoms with van der Waals surface area (Å²) in [5.74, 6) is 1.15. The maximum Gasteiger partial charge on any atom is 0.223 e. The van der Waals surface area contributed by atoms with Crippen molar-refractivity contribution in [3.05, 3.63) is 42.0 Å². The molecule has 0 saturated heterocycles. The number of carbonyl (C=O) groups excluding carboxylic acids is 1. The average molecular weight is 287 g/mol. The zero-order valence-electron chi connectivity index (χ0n) is 13.1. The van der Waals surface area contributed by atoms with Gasteiger partial charge in [0.05, 0.1) is 12.1 Å². The van der Waals surface area contributed by atoms with Crippen molar-refractivity contribution in [2.45, 2.75) is 52.2 Å². The molecule has 0 heterocycles. The number of hydrogen-bond acceptors (Lipinski definition) is 2. The summed E-state index contributed by atoms with van der Waals surface area (Å²) in [7, 11) is 0.